The lowest BCUT2D eigenvalue weighted by atomic mass is 9.79. The number of likely N-dealkylation sites (tertiary alicyclic amines) is 1. The molecule has 0 aromatic rings. The first-order valence-electron chi connectivity index (χ1n) is 8.98. The molecule has 1 aliphatic carbocycles. The standard InChI is InChI=1S/C18H34N2O2/c1-13-6-7-14(2)16(12-13)19-15-8-10-20(11-9-15)17(21)22-18(3,4)5/h13-16,19H,6-12H2,1-5H3. The predicted molar refractivity (Wildman–Crippen MR) is 89.9 cm³/mol. The monoisotopic (exact) mass is 310 g/mol. The van der Waals surface area contributed by atoms with Gasteiger partial charge in [0.25, 0.3) is 0 Å². The van der Waals surface area contributed by atoms with E-state index in [9.17, 15) is 4.79 Å². The average Bonchev–Trinajstić information content (AvgIpc) is 2.42. The molecule has 3 atom stereocenters. The van der Waals surface area contributed by atoms with Crippen molar-refractivity contribution in [2.75, 3.05) is 13.1 Å². The van der Waals surface area contributed by atoms with Crippen LogP contribution in [0.3, 0.4) is 0 Å². The maximum atomic E-state index is 12.1. The highest BCUT2D eigenvalue weighted by molar-refractivity contribution is 5.68. The summed E-state index contributed by atoms with van der Waals surface area (Å²) in [4.78, 5) is 13.9. The van der Waals surface area contributed by atoms with Crippen LogP contribution in [0, 0.1) is 11.8 Å². The molecule has 128 valence electrons. The van der Waals surface area contributed by atoms with Crippen LogP contribution in [0.2, 0.25) is 0 Å². The molecule has 22 heavy (non-hydrogen) atoms. The van der Waals surface area contributed by atoms with Crippen molar-refractivity contribution in [2.24, 2.45) is 11.8 Å². The van der Waals surface area contributed by atoms with E-state index in [1.165, 1.54) is 19.3 Å². The van der Waals surface area contributed by atoms with Gasteiger partial charge >= 0.3 is 6.09 Å². The van der Waals surface area contributed by atoms with Crippen LogP contribution in [-0.4, -0.2) is 41.8 Å². The molecule has 4 heteroatoms. The van der Waals surface area contributed by atoms with E-state index in [1.54, 1.807) is 0 Å². The van der Waals surface area contributed by atoms with Gasteiger partial charge in [-0.15, -0.1) is 0 Å². The Labute approximate surface area is 136 Å². The van der Waals surface area contributed by atoms with Crippen LogP contribution >= 0.6 is 0 Å². The first-order chi connectivity index (χ1) is 10.2. The number of ether oxygens (including phenoxy) is 1. The molecule has 1 saturated heterocycles. The molecule has 1 heterocycles. The Morgan fingerprint density at radius 1 is 1.09 bits per heavy atom. The summed E-state index contributed by atoms with van der Waals surface area (Å²) in [5.74, 6) is 1.62. The van der Waals surface area contributed by atoms with E-state index < -0.39 is 5.60 Å². The molecule has 1 saturated carbocycles. The van der Waals surface area contributed by atoms with Crippen molar-refractivity contribution in [1.29, 1.82) is 0 Å². The number of piperidine rings is 1. The molecule has 2 fully saturated rings. The average molecular weight is 310 g/mol. The third-order valence-corrected chi connectivity index (χ3v) is 5.05. The topological polar surface area (TPSA) is 41.6 Å². The van der Waals surface area contributed by atoms with Crippen molar-refractivity contribution < 1.29 is 9.53 Å². The van der Waals surface area contributed by atoms with Gasteiger partial charge in [0.1, 0.15) is 5.60 Å². The quantitative estimate of drug-likeness (QED) is 0.843. The summed E-state index contributed by atoms with van der Waals surface area (Å²) in [6.45, 7) is 12.1. The second-order valence-corrected chi connectivity index (χ2v) is 8.41. The Hall–Kier alpha value is -0.770. The zero-order chi connectivity index (χ0) is 16.3. The van der Waals surface area contributed by atoms with Gasteiger partial charge in [-0.2, -0.15) is 0 Å². The molecular formula is C18H34N2O2. The highest BCUT2D eigenvalue weighted by Crippen LogP contribution is 2.29. The third kappa shape index (κ3) is 5.15. The van der Waals surface area contributed by atoms with Crippen molar-refractivity contribution in [3.8, 4) is 0 Å². The van der Waals surface area contributed by atoms with Crippen molar-refractivity contribution >= 4 is 6.09 Å². The Kier molecular flexibility index (Phi) is 5.76. The van der Waals surface area contributed by atoms with E-state index in [2.05, 4.69) is 19.2 Å². The molecule has 2 aliphatic rings. The largest absolute Gasteiger partial charge is 0.444 e. The molecule has 0 aromatic heterocycles. The van der Waals surface area contributed by atoms with Gasteiger partial charge in [0.2, 0.25) is 0 Å². The fourth-order valence-corrected chi connectivity index (χ4v) is 3.62. The van der Waals surface area contributed by atoms with Crippen LogP contribution in [0.15, 0.2) is 0 Å². The zero-order valence-electron chi connectivity index (χ0n) is 15.0. The van der Waals surface area contributed by atoms with Gasteiger partial charge in [0.15, 0.2) is 0 Å². The normalized spacial score (nSPS) is 31.1. The highest BCUT2D eigenvalue weighted by Gasteiger charge is 2.30. The first-order valence-corrected chi connectivity index (χ1v) is 8.98. The zero-order valence-corrected chi connectivity index (χ0v) is 15.0. The van der Waals surface area contributed by atoms with Crippen molar-refractivity contribution in [1.82, 2.24) is 10.2 Å². The minimum Gasteiger partial charge on any atom is -0.444 e. The van der Waals surface area contributed by atoms with Gasteiger partial charge in [-0.1, -0.05) is 20.3 Å². The lowest BCUT2D eigenvalue weighted by Gasteiger charge is -2.39. The van der Waals surface area contributed by atoms with Crippen LogP contribution in [-0.2, 0) is 4.74 Å². The fourth-order valence-electron chi connectivity index (χ4n) is 3.62. The predicted octanol–water partition coefficient (Wildman–Crippen LogP) is 3.80. The molecule has 3 unspecified atom stereocenters. The number of nitrogens with one attached hydrogen (secondary N) is 1. The van der Waals surface area contributed by atoms with Crippen LogP contribution in [0.5, 0.6) is 0 Å². The van der Waals surface area contributed by atoms with Gasteiger partial charge in [-0.05, 0) is 58.3 Å². The van der Waals surface area contributed by atoms with E-state index in [0.29, 0.717) is 12.1 Å². The third-order valence-electron chi connectivity index (χ3n) is 5.05. The van der Waals surface area contributed by atoms with Crippen molar-refractivity contribution in [3.63, 3.8) is 0 Å². The number of hydrogen-bond donors (Lipinski definition) is 1. The molecular weight excluding hydrogens is 276 g/mol. The highest BCUT2D eigenvalue weighted by atomic mass is 16.6. The molecule has 0 spiro atoms. The van der Waals surface area contributed by atoms with E-state index >= 15 is 0 Å². The smallest absolute Gasteiger partial charge is 0.410 e. The second-order valence-electron chi connectivity index (χ2n) is 8.41. The van der Waals surface area contributed by atoms with Crippen LogP contribution in [0.25, 0.3) is 0 Å². The summed E-state index contributed by atoms with van der Waals surface area (Å²) in [6.07, 6.45) is 5.93. The molecule has 1 amide bonds. The van der Waals surface area contributed by atoms with Crippen molar-refractivity contribution in [2.45, 2.75) is 84.4 Å². The number of rotatable bonds is 2. The Balaban J connectivity index is 1.76. The number of nitrogens with zero attached hydrogens (tertiary/aromatic N) is 1. The molecule has 1 aliphatic heterocycles. The van der Waals surface area contributed by atoms with Crippen molar-refractivity contribution in [3.05, 3.63) is 0 Å². The van der Waals surface area contributed by atoms with Gasteiger partial charge in [-0.3, -0.25) is 0 Å². The fraction of sp³-hybridized carbons (Fsp3) is 0.944. The Morgan fingerprint density at radius 3 is 2.32 bits per heavy atom. The lowest BCUT2D eigenvalue weighted by molar-refractivity contribution is 0.0191. The molecule has 4 nitrogen and oxygen atoms in total. The summed E-state index contributed by atoms with van der Waals surface area (Å²) < 4.78 is 5.46. The second kappa shape index (κ2) is 7.20. The Bertz CT molecular complexity index is 370. The van der Waals surface area contributed by atoms with Crippen LogP contribution < -0.4 is 5.32 Å². The number of carbonyl (C=O) groups excluding carboxylic acids is 1. The molecule has 0 bridgehead atoms. The summed E-state index contributed by atoms with van der Waals surface area (Å²) in [6, 6.07) is 1.21. The first kappa shape index (κ1) is 17.6. The minimum absolute atomic E-state index is 0.161. The maximum absolute atomic E-state index is 12.1. The summed E-state index contributed by atoms with van der Waals surface area (Å²) >= 11 is 0. The SMILES string of the molecule is CC1CCC(C)C(NC2CCN(C(=O)OC(C)(C)C)CC2)C1. The van der Waals surface area contributed by atoms with Gasteiger partial charge in [-0.25, -0.2) is 4.79 Å². The number of hydrogen-bond acceptors (Lipinski definition) is 3. The number of carbonyl (C=O) groups is 1. The van der Waals surface area contributed by atoms with E-state index in [-0.39, 0.29) is 6.09 Å². The molecule has 0 radical (unpaired) electrons. The van der Waals surface area contributed by atoms with E-state index in [4.69, 9.17) is 4.74 Å². The van der Waals surface area contributed by atoms with E-state index in [0.717, 1.165) is 37.8 Å². The van der Waals surface area contributed by atoms with Crippen LogP contribution in [0.4, 0.5) is 4.79 Å². The molecule has 2 rings (SSSR count). The van der Waals surface area contributed by atoms with Gasteiger partial charge in [0.05, 0.1) is 0 Å². The molecule has 1 N–H and O–H groups in total. The Morgan fingerprint density at radius 2 is 1.73 bits per heavy atom. The van der Waals surface area contributed by atoms with Gasteiger partial charge < -0.3 is 15.0 Å². The van der Waals surface area contributed by atoms with Gasteiger partial charge in [0, 0.05) is 25.2 Å². The summed E-state index contributed by atoms with van der Waals surface area (Å²) in [5, 5.41) is 3.87. The minimum atomic E-state index is -0.403. The summed E-state index contributed by atoms with van der Waals surface area (Å²) in [7, 11) is 0. The van der Waals surface area contributed by atoms with E-state index in [1.807, 2.05) is 25.7 Å². The molecule has 0 aromatic carbocycles. The maximum Gasteiger partial charge on any atom is 0.410 e. The van der Waals surface area contributed by atoms with Crippen LogP contribution in [0.1, 0.15) is 66.7 Å². The number of amides is 1. The lowest BCUT2D eigenvalue weighted by Crippen LogP contribution is -2.51. The summed E-state index contributed by atoms with van der Waals surface area (Å²) in [5.41, 5.74) is -0.403.